The molecule has 0 unspecified atom stereocenters. The van der Waals surface area contributed by atoms with Crippen molar-refractivity contribution in [3.8, 4) is 11.5 Å². The van der Waals surface area contributed by atoms with Gasteiger partial charge in [-0.05, 0) is 24.3 Å². The third-order valence-corrected chi connectivity index (χ3v) is 4.14. The van der Waals surface area contributed by atoms with Crippen molar-refractivity contribution in [2.24, 2.45) is 9.98 Å². The van der Waals surface area contributed by atoms with Crippen molar-refractivity contribution >= 4 is 24.2 Å². The molecule has 0 atom stereocenters. The molecule has 2 amide bonds. The first kappa shape index (κ1) is 19.1. The van der Waals surface area contributed by atoms with Gasteiger partial charge < -0.3 is 20.8 Å². The maximum Gasteiger partial charge on any atom is 0.255 e. The molecule has 28 heavy (non-hydrogen) atoms. The molecule has 1 aliphatic rings. The molecule has 8 nitrogen and oxygen atoms in total. The fourth-order valence-corrected chi connectivity index (χ4v) is 2.68. The molecule has 3 rings (SSSR count). The summed E-state index contributed by atoms with van der Waals surface area (Å²) in [6, 6.07) is 9.63. The molecule has 4 N–H and O–H groups in total. The number of phenolic OH excluding ortho intramolecular Hbond substituents is 2. The molecule has 0 fully saturated rings. The highest BCUT2D eigenvalue weighted by atomic mass is 16.3. The predicted octanol–water partition coefficient (Wildman–Crippen LogP) is 1.11. The molecule has 2 aromatic carbocycles. The summed E-state index contributed by atoms with van der Waals surface area (Å²) in [5.74, 6) is -1.23. The number of phenols is 2. The normalized spacial score (nSPS) is 15.3. The van der Waals surface area contributed by atoms with E-state index in [1.165, 1.54) is 24.6 Å². The highest BCUT2D eigenvalue weighted by Crippen LogP contribution is 2.22. The maximum absolute atomic E-state index is 12.3. The van der Waals surface area contributed by atoms with Gasteiger partial charge in [0, 0.05) is 36.6 Å². The van der Waals surface area contributed by atoms with Crippen LogP contribution in [0.2, 0.25) is 0 Å². The Labute approximate surface area is 161 Å². The Morgan fingerprint density at radius 2 is 1.14 bits per heavy atom. The molecule has 2 aromatic rings. The number of para-hydroxylation sites is 2. The lowest BCUT2D eigenvalue weighted by atomic mass is 10.1. The van der Waals surface area contributed by atoms with Crippen molar-refractivity contribution in [3.63, 3.8) is 0 Å². The molecular weight excluding hydrogens is 360 g/mol. The van der Waals surface area contributed by atoms with Crippen LogP contribution >= 0.6 is 0 Å². The van der Waals surface area contributed by atoms with Gasteiger partial charge >= 0.3 is 0 Å². The summed E-state index contributed by atoms with van der Waals surface area (Å²) in [7, 11) is 0. The lowest BCUT2D eigenvalue weighted by Gasteiger charge is -2.11. The van der Waals surface area contributed by atoms with Crippen LogP contribution in [0.4, 0.5) is 0 Å². The van der Waals surface area contributed by atoms with Crippen molar-refractivity contribution in [2.75, 3.05) is 26.2 Å². The standard InChI is InChI=1S/C20H20N4O4/c25-17-13-3-1-5-15(17)19(27)23-9-10-24-20(28)16-6-2-4-14(18(16)26)12-22-8-7-21-11-13/h1-6,11-12,25-26H,7-10H2,(H,23,27)(H,24,28). The van der Waals surface area contributed by atoms with E-state index in [0.717, 1.165) is 0 Å². The van der Waals surface area contributed by atoms with Crippen molar-refractivity contribution in [1.82, 2.24) is 10.6 Å². The second-order valence-corrected chi connectivity index (χ2v) is 6.07. The van der Waals surface area contributed by atoms with Crippen LogP contribution in [0.15, 0.2) is 46.4 Å². The number of benzene rings is 2. The Hall–Kier alpha value is -3.68. The summed E-state index contributed by atoms with van der Waals surface area (Å²) in [6.07, 6.45) is 2.98. The second kappa shape index (κ2) is 8.81. The van der Waals surface area contributed by atoms with Crippen molar-refractivity contribution in [1.29, 1.82) is 0 Å². The van der Waals surface area contributed by atoms with Crippen LogP contribution in [0.5, 0.6) is 11.5 Å². The zero-order valence-corrected chi connectivity index (χ0v) is 15.1. The van der Waals surface area contributed by atoms with E-state index in [4.69, 9.17) is 0 Å². The molecule has 144 valence electrons. The van der Waals surface area contributed by atoms with Gasteiger partial charge in [0.25, 0.3) is 11.8 Å². The zero-order chi connectivity index (χ0) is 19.9. The summed E-state index contributed by atoms with van der Waals surface area (Å²) < 4.78 is 0. The quantitative estimate of drug-likeness (QED) is 0.547. The first-order chi connectivity index (χ1) is 13.6. The molecule has 0 aromatic heterocycles. The number of nitrogens with zero attached hydrogens (tertiary/aromatic N) is 2. The lowest BCUT2D eigenvalue weighted by Crippen LogP contribution is -2.34. The smallest absolute Gasteiger partial charge is 0.255 e. The average molecular weight is 380 g/mol. The minimum absolute atomic E-state index is 0.125. The van der Waals surface area contributed by atoms with Crippen LogP contribution in [0.3, 0.4) is 0 Å². The van der Waals surface area contributed by atoms with Gasteiger partial charge in [0.05, 0.1) is 24.2 Å². The molecule has 0 aliphatic carbocycles. The summed E-state index contributed by atoms with van der Waals surface area (Å²) in [5, 5.41) is 25.9. The molecule has 1 aliphatic heterocycles. The highest BCUT2D eigenvalue weighted by molar-refractivity contribution is 6.01. The number of aromatic hydroxyl groups is 2. The van der Waals surface area contributed by atoms with E-state index in [1.807, 2.05) is 0 Å². The van der Waals surface area contributed by atoms with Crippen LogP contribution in [-0.2, 0) is 0 Å². The van der Waals surface area contributed by atoms with Crippen LogP contribution in [0.1, 0.15) is 31.8 Å². The van der Waals surface area contributed by atoms with Crippen molar-refractivity contribution < 1.29 is 19.8 Å². The first-order valence-electron chi connectivity index (χ1n) is 8.78. The number of aliphatic imine (C=N–C) groups is 2. The van der Waals surface area contributed by atoms with Crippen LogP contribution < -0.4 is 10.6 Å². The van der Waals surface area contributed by atoms with Gasteiger partial charge in [0.15, 0.2) is 0 Å². The van der Waals surface area contributed by atoms with E-state index >= 15 is 0 Å². The maximum atomic E-state index is 12.3. The first-order valence-corrected chi connectivity index (χ1v) is 8.78. The third kappa shape index (κ3) is 4.35. The Morgan fingerprint density at radius 3 is 1.57 bits per heavy atom. The summed E-state index contributed by atoms with van der Waals surface area (Å²) >= 11 is 0. The van der Waals surface area contributed by atoms with E-state index in [9.17, 15) is 19.8 Å². The Morgan fingerprint density at radius 1 is 0.714 bits per heavy atom. The van der Waals surface area contributed by atoms with E-state index in [-0.39, 0.29) is 35.7 Å². The Kier molecular flexibility index (Phi) is 6.01. The van der Waals surface area contributed by atoms with Crippen LogP contribution in [0, 0.1) is 0 Å². The molecule has 8 heteroatoms. The number of amides is 2. The SMILES string of the molecule is O=C1NCCNC(=O)c2cccc(c2O)C=NCCN=Cc2cccc1c2O. The second-order valence-electron chi connectivity index (χ2n) is 6.07. The van der Waals surface area contributed by atoms with Gasteiger partial charge in [-0.25, -0.2) is 0 Å². The fourth-order valence-electron chi connectivity index (χ4n) is 2.68. The molecule has 1 heterocycles. The lowest BCUT2D eigenvalue weighted by molar-refractivity contribution is 0.0924. The monoisotopic (exact) mass is 380 g/mol. The molecule has 0 radical (unpaired) electrons. The molecule has 0 saturated heterocycles. The highest BCUT2D eigenvalue weighted by Gasteiger charge is 2.15. The van der Waals surface area contributed by atoms with E-state index in [1.54, 1.807) is 24.3 Å². The summed E-state index contributed by atoms with van der Waals surface area (Å²) in [4.78, 5) is 33.0. The topological polar surface area (TPSA) is 123 Å². The number of rotatable bonds is 0. The third-order valence-electron chi connectivity index (χ3n) is 4.14. The number of nitrogens with one attached hydrogen (secondary N) is 2. The molecule has 0 spiro atoms. The predicted molar refractivity (Wildman–Crippen MR) is 106 cm³/mol. The van der Waals surface area contributed by atoms with Crippen LogP contribution in [-0.4, -0.2) is 60.6 Å². The largest absolute Gasteiger partial charge is 0.506 e. The summed E-state index contributed by atoms with van der Waals surface area (Å²) in [6.45, 7) is 1.02. The van der Waals surface area contributed by atoms with Gasteiger partial charge in [0.1, 0.15) is 11.5 Å². The number of carbonyl (C=O) groups excluding carboxylic acids is 2. The van der Waals surface area contributed by atoms with E-state index in [0.29, 0.717) is 24.2 Å². The molecule has 0 saturated carbocycles. The zero-order valence-electron chi connectivity index (χ0n) is 15.1. The number of hydrogen-bond donors (Lipinski definition) is 4. The van der Waals surface area contributed by atoms with Crippen molar-refractivity contribution in [3.05, 3.63) is 58.7 Å². The molecule has 4 bridgehead atoms. The number of hydrogen-bond acceptors (Lipinski definition) is 6. The summed E-state index contributed by atoms with van der Waals surface area (Å²) in [5.41, 5.74) is 1.10. The van der Waals surface area contributed by atoms with E-state index in [2.05, 4.69) is 20.6 Å². The van der Waals surface area contributed by atoms with E-state index < -0.39 is 11.8 Å². The van der Waals surface area contributed by atoms with Gasteiger partial charge in [0.2, 0.25) is 0 Å². The fraction of sp³-hybridized carbons (Fsp3) is 0.200. The Bertz CT molecular complexity index is 876. The average Bonchev–Trinajstić information content (AvgIpc) is 2.69. The number of carbonyl (C=O) groups is 2. The van der Waals surface area contributed by atoms with Gasteiger partial charge in [-0.2, -0.15) is 0 Å². The minimum Gasteiger partial charge on any atom is -0.506 e. The van der Waals surface area contributed by atoms with Gasteiger partial charge in [-0.1, -0.05) is 12.1 Å². The van der Waals surface area contributed by atoms with Gasteiger partial charge in [-0.3, -0.25) is 19.6 Å². The minimum atomic E-state index is -0.461. The Balaban J connectivity index is 1.87. The van der Waals surface area contributed by atoms with Gasteiger partial charge in [-0.15, -0.1) is 0 Å². The van der Waals surface area contributed by atoms with Crippen molar-refractivity contribution in [2.45, 2.75) is 0 Å². The number of fused-ring (bicyclic) bond motifs is 4. The van der Waals surface area contributed by atoms with Crippen LogP contribution in [0.25, 0.3) is 0 Å². The molecular formula is C20H20N4O4.